The zero-order chi connectivity index (χ0) is 13.2. The van der Waals surface area contributed by atoms with Crippen LogP contribution >= 0.6 is 0 Å². The maximum absolute atomic E-state index is 8.50. The van der Waals surface area contributed by atoms with E-state index in [4.69, 9.17) is 10.00 Å². The van der Waals surface area contributed by atoms with Crippen molar-refractivity contribution < 1.29 is 4.74 Å². The number of hydrogen-bond acceptors (Lipinski definition) is 2. The lowest BCUT2D eigenvalue weighted by Gasteiger charge is -2.13. The minimum atomic E-state index is 0.680. The Hall–Kier alpha value is -1.49. The van der Waals surface area contributed by atoms with Gasteiger partial charge in [0.05, 0.1) is 13.2 Å². The maximum atomic E-state index is 8.50. The molecule has 0 fully saturated rings. The molecule has 0 aliphatic rings. The first-order chi connectivity index (χ1) is 8.83. The Morgan fingerprint density at radius 3 is 2.67 bits per heavy atom. The number of ether oxygens (including phenoxy) is 1. The van der Waals surface area contributed by atoms with Gasteiger partial charge in [-0.3, -0.25) is 0 Å². The standard InChI is InChI=1S/C16H23NO/c1-3-9-15-14(10-6-4-5-7-13-17)11-8-12-16(15)18-2/h8,11-12H,3-7,9-10H2,1-2H3. The molecular weight excluding hydrogens is 222 g/mol. The molecule has 1 rings (SSSR count). The molecule has 0 bridgehead atoms. The summed E-state index contributed by atoms with van der Waals surface area (Å²) in [5.41, 5.74) is 2.77. The highest BCUT2D eigenvalue weighted by atomic mass is 16.5. The largest absolute Gasteiger partial charge is 0.496 e. The van der Waals surface area contributed by atoms with Crippen LogP contribution in [0.5, 0.6) is 5.75 Å². The van der Waals surface area contributed by atoms with Gasteiger partial charge in [0, 0.05) is 6.42 Å². The molecule has 2 nitrogen and oxygen atoms in total. The fourth-order valence-electron chi connectivity index (χ4n) is 2.27. The van der Waals surface area contributed by atoms with Crippen molar-refractivity contribution in [3.8, 4) is 11.8 Å². The molecule has 18 heavy (non-hydrogen) atoms. The van der Waals surface area contributed by atoms with Crippen molar-refractivity contribution in [3.63, 3.8) is 0 Å². The zero-order valence-corrected chi connectivity index (χ0v) is 11.5. The zero-order valence-electron chi connectivity index (χ0n) is 11.5. The Kier molecular flexibility index (Phi) is 6.94. The van der Waals surface area contributed by atoms with Crippen molar-refractivity contribution in [3.05, 3.63) is 29.3 Å². The van der Waals surface area contributed by atoms with Gasteiger partial charge in [-0.25, -0.2) is 0 Å². The molecule has 0 saturated carbocycles. The fraction of sp³-hybridized carbons (Fsp3) is 0.562. The molecule has 0 spiro atoms. The van der Waals surface area contributed by atoms with E-state index < -0.39 is 0 Å². The second-order valence-corrected chi connectivity index (χ2v) is 4.57. The van der Waals surface area contributed by atoms with Gasteiger partial charge in [0.25, 0.3) is 0 Å². The SMILES string of the molecule is CCCc1c(CCCCCC#N)cccc1OC. The van der Waals surface area contributed by atoms with Crippen molar-refractivity contribution in [2.24, 2.45) is 0 Å². The Morgan fingerprint density at radius 1 is 1.17 bits per heavy atom. The first kappa shape index (κ1) is 14.6. The molecule has 1 aromatic carbocycles. The van der Waals surface area contributed by atoms with E-state index in [0.717, 1.165) is 44.3 Å². The number of methoxy groups -OCH3 is 1. The van der Waals surface area contributed by atoms with Gasteiger partial charge in [-0.2, -0.15) is 5.26 Å². The molecule has 2 heteroatoms. The maximum Gasteiger partial charge on any atom is 0.122 e. The van der Waals surface area contributed by atoms with E-state index >= 15 is 0 Å². The minimum Gasteiger partial charge on any atom is -0.496 e. The Balaban J connectivity index is 2.60. The number of nitriles is 1. The van der Waals surface area contributed by atoms with Crippen molar-refractivity contribution in [1.82, 2.24) is 0 Å². The Morgan fingerprint density at radius 2 is 2.00 bits per heavy atom. The smallest absolute Gasteiger partial charge is 0.122 e. The van der Waals surface area contributed by atoms with Gasteiger partial charge < -0.3 is 4.74 Å². The van der Waals surface area contributed by atoms with Crippen LogP contribution in [0.1, 0.15) is 50.2 Å². The molecule has 0 N–H and O–H groups in total. The summed E-state index contributed by atoms with van der Waals surface area (Å²) >= 11 is 0. The molecule has 0 amide bonds. The van der Waals surface area contributed by atoms with Crippen molar-refractivity contribution in [2.75, 3.05) is 7.11 Å². The Bertz CT molecular complexity index is 393. The third kappa shape index (κ3) is 4.41. The van der Waals surface area contributed by atoms with Crippen LogP contribution in [0.2, 0.25) is 0 Å². The van der Waals surface area contributed by atoms with Crippen LogP contribution in [0.3, 0.4) is 0 Å². The van der Waals surface area contributed by atoms with Crippen molar-refractivity contribution in [1.29, 1.82) is 5.26 Å². The molecule has 98 valence electrons. The molecule has 0 radical (unpaired) electrons. The van der Waals surface area contributed by atoms with Crippen LogP contribution in [-0.2, 0) is 12.8 Å². The molecule has 0 atom stereocenters. The summed E-state index contributed by atoms with van der Waals surface area (Å²) in [6, 6.07) is 8.52. The summed E-state index contributed by atoms with van der Waals surface area (Å²) in [5, 5.41) is 8.50. The van der Waals surface area contributed by atoms with Crippen LogP contribution in [0.25, 0.3) is 0 Å². The average molecular weight is 245 g/mol. The Labute approximate surface area is 111 Å². The van der Waals surface area contributed by atoms with E-state index in [9.17, 15) is 0 Å². The van der Waals surface area contributed by atoms with Crippen LogP contribution in [0.15, 0.2) is 18.2 Å². The van der Waals surface area contributed by atoms with Crippen LogP contribution < -0.4 is 4.74 Å². The third-order valence-electron chi connectivity index (χ3n) is 3.18. The topological polar surface area (TPSA) is 33.0 Å². The van der Waals surface area contributed by atoms with Gasteiger partial charge >= 0.3 is 0 Å². The molecule has 0 unspecified atom stereocenters. The van der Waals surface area contributed by atoms with Gasteiger partial charge in [-0.1, -0.05) is 31.9 Å². The fourth-order valence-corrected chi connectivity index (χ4v) is 2.27. The monoisotopic (exact) mass is 245 g/mol. The van der Waals surface area contributed by atoms with Crippen LogP contribution in [0, 0.1) is 11.3 Å². The van der Waals surface area contributed by atoms with Gasteiger partial charge in [-0.05, 0) is 42.9 Å². The van der Waals surface area contributed by atoms with Gasteiger partial charge in [-0.15, -0.1) is 0 Å². The summed E-state index contributed by atoms with van der Waals surface area (Å²) < 4.78 is 5.44. The highest BCUT2D eigenvalue weighted by Crippen LogP contribution is 2.25. The van der Waals surface area contributed by atoms with E-state index in [2.05, 4.69) is 25.1 Å². The third-order valence-corrected chi connectivity index (χ3v) is 3.18. The molecule has 0 saturated heterocycles. The van der Waals surface area contributed by atoms with E-state index in [-0.39, 0.29) is 0 Å². The van der Waals surface area contributed by atoms with Gasteiger partial charge in [0.2, 0.25) is 0 Å². The molecule has 1 aromatic rings. The summed E-state index contributed by atoms with van der Waals surface area (Å²) in [6.07, 6.45) is 7.31. The predicted octanol–water partition coefficient (Wildman–Crippen LogP) is 4.27. The van der Waals surface area contributed by atoms with Gasteiger partial charge in [0.15, 0.2) is 0 Å². The number of benzene rings is 1. The highest BCUT2D eigenvalue weighted by Gasteiger charge is 2.07. The van der Waals surface area contributed by atoms with Crippen molar-refractivity contribution >= 4 is 0 Å². The highest BCUT2D eigenvalue weighted by molar-refractivity contribution is 5.40. The lowest BCUT2D eigenvalue weighted by atomic mass is 9.97. The summed E-state index contributed by atoms with van der Waals surface area (Å²) in [4.78, 5) is 0. The van der Waals surface area contributed by atoms with E-state index in [1.54, 1.807) is 7.11 Å². The van der Waals surface area contributed by atoms with Crippen LogP contribution in [0.4, 0.5) is 0 Å². The first-order valence-corrected chi connectivity index (χ1v) is 6.85. The molecular formula is C16H23NO. The average Bonchev–Trinajstić information content (AvgIpc) is 2.40. The number of unbranched alkanes of at least 4 members (excludes halogenated alkanes) is 3. The van der Waals surface area contributed by atoms with Crippen molar-refractivity contribution in [2.45, 2.75) is 51.9 Å². The number of rotatable bonds is 8. The minimum absolute atomic E-state index is 0.680. The first-order valence-electron chi connectivity index (χ1n) is 6.85. The summed E-state index contributed by atoms with van der Waals surface area (Å²) in [6.45, 7) is 2.20. The molecule has 0 heterocycles. The normalized spacial score (nSPS) is 10.1. The molecule has 0 aliphatic heterocycles. The second-order valence-electron chi connectivity index (χ2n) is 4.57. The molecule has 0 aromatic heterocycles. The van der Waals surface area contributed by atoms with E-state index in [1.165, 1.54) is 11.1 Å². The van der Waals surface area contributed by atoms with Crippen LogP contribution in [-0.4, -0.2) is 7.11 Å². The predicted molar refractivity (Wildman–Crippen MR) is 74.8 cm³/mol. The second kappa shape index (κ2) is 8.58. The summed E-state index contributed by atoms with van der Waals surface area (Å²) in [7, 11) is 1.74. The van der Waals surface area contributed by atoms with E-state index in [1.807, 2.05) is 6.07 Å². The lowest BCUT2D eigenvalue weighted by Crippen LogP contribution is -1.98. The van der Waals surface area contributed by atoms with E-state index in [0.29, 0.717) is 6.42 Å². The number of hydrogen-bond donors (Lipinski definition) is 0. The number of nitrogens with zero attached hydrogens (tertiary/aromatic N) is 1. The lowest BCUT2D eigenvalue weighted by molar-refractivity contribution is 0.408. The summed E-state index contributed by atoms with van der Waals surface area (Å²) in [5.74, 6) is 1.02. The van der Waals surface area contributed by atoms with Gasteiger partial charge in [0.1, 0.15) is 5.75 Å². The quantitative estimate of drug-likeness (QED) is 0.641. The number of aryl methyl sites for hydroxylation is 1. The molecule has 0 aliphatic carbocycles.